The molecular formula is C24H22F2N4O3. The van der Waals surface area contributed by atoms with Crippen molar-refractivity contribution in [1.82, 2.24) is 10.2 Å². The predicted octanol–water partition coefficient (Wildman–Crippen LogP) is 4.45. The number of benzene rings is 2. The van der Waals surface area contributed by atoms with Gasteiger partial charge in [-0.3, -0.25) is 5.10 Å². The van der Waals surface area contributed by atoms with E-state index in [2.05, 4.69) is 16.3 Å². The molecule has 0 aliphatic carbocycles. The molecule has 9 heteroatoms. The van der Waals surface area contributed by atoms with E-state index in [1.54, 1.807) is 6.07 Å². The van der Waals surface area contributed by atoms with Crippen molar-refractivity contribution in [2.24, 2.45) is 5.73 Å². The van der Waals surface area contributed by atoms with Crippen LogP contribution in [0.25, 0.3) is 0 Å². The van der Waals surface area contributed by atoms with Gasteiger partial charge < -0.3 is 19.9 Å². The maximum Gasteiger partial charge on any atom is 0.244 e. The number of halogens is 2. The monoisotopic (exact) mass is 452 g/mol. The highest BCUT2D eigenvalue weighted by molar-refractivity contribution is 5.56. The molecule has 0 saturated carbocycles. The summed E-state index contributed by atoms with van der Waals surface area (Å²) in [5, 5.41) is 17.0. The van der Waals surface area contributed by atoms with Crippen LogP contribution >= 0.6 is 0 Å². The SMILES string of the molecule is CCCc1[nH]nc2c1C(c1ccc(OC)c(COc3ccc(F)cc3F)c1)C(C#N)=C(N)O2. The zero-order valence-corrected chi connectivity index (χ0v) is 18.1. The summed E-state index contributed by atoms with van der Waals surface area (Å²) in [4.78, 5) is 0. The third kappa shape index (κ3) is 4.20. The molecule has 0 fully saturated rings. The number of aromatic nitrogens is 2. The Morgan fingerprint density at radius 1 is 1.21 bits per heavy atom. The first kappa shape index (κ1) is 22.1. The third-order valence-electron chi connectivity index (χ3n) is 5.43. The van der Waals surface area contributed by atoms with Gasteiger partial charge in [0.1, 0.15) is 29.8 Å². The van der Waals surface area contributed by atoms with Crippen LogP contribution in [0.1, 0.15) is 41.6 Å². The largest absolute Gasteiger partial charge is 0.496 e. The van der Waals surface area contributed by atoms with E-state index in [0.29, 0.717) is 17.2 Å². The number of hydrogen-bond acceptors (Lipinski definition) is 6. The average Bonchev–Trinajstić information content (AvgIpc) is 3.19. The van der Waals surface area contributed by atoms with Gasteiger partial charge in [-0.25, -0.2) is 8.78 Å². The average molecular weight is 452 g/mol. The quantitative estimate of drug-likeness (QED) is 0.549. The van der Waals surface area contributed by atoms with Gasteiger partial charge in [-0.1, -0.05) is 19.4 Å². The first-order valence-electron chi connectivity index (χ1n) is 10.4. The molecular weight excluding hydrogens is 430 g/mol. The molecule has 7 nitrogen and oxygen atoms in total. The number of nitriles is 1. The van der Waals surface area contributed by atoms with Gasteiger partial charge in [0, 0.05) is 22.9 Å². The molecule has 0 spiro atoms. The summed E-state index contributed by atoms with van der Waals surface area (Å²) < 4.78 is 43.8. The minimum atomic E-state index is -0.802. The number of nitrogens with one attached hydrogen (secondary N) is 1. The zero-order valence-electron chi connectivity index (χ0n) is 18.1. The lowest BCUT2D eigenvalue weighted by atomic mass is 9.83. The van der Waals surface area contributed by atoms with Gasteiger partial charge in [-0.2, -0.15) is 5.26 Å². The highest BCUT2D eigenvalue weighted by Gasteiger charge is 2.35. The summed E-state index contributed by atoms with van der Waals surface area (Å²) in [5.74, 6) is -1.24. The number of hydrogen-bond donors (Lipinski definition) is 2. The lowest BCUT2D eigenvalue weighted by Crippen LogP contribution is -2.21. The number of aryl methyl sites for hydroxylation is 1. The van der Waals surface area contributed by atoms with E-state index in [-0.39, 0.29) is 23.8 Å². The summed E-state index contributed by atoms with van der Waals surface area (Å²) in [6, 6.07) is 10.7. The van der Waals surface area contributed by atoms with Gasteiger partial charge in [0.2, 0.25) is 11.8 Å². The lowest BCUT2D eigenvalue weighted by Gasteiger charge is -2.25. The van der Waals surface area contributed by atoms with Crippen LogP contribution in [0.15, 0.2) is 47.9 Å². The molecule has 3 aromatic rings. The van der Waals surface area contributed by atoms with Crippen molar-refractivity contribution < 1.29 is 23.0 Å². The fourth-order valence-electron chi connectivity index (χ4n) is 3.92. The number of H-pyrrole nitrogens is 1. The standard InChI is InChI=1S/C24H22F2N4O3/c1-3-4-18-22-21(16(11-27)23(28)33-24(22)30-29-18)13-5-7-19(31-2)14(9-13)12-32-20-8-6-15(25)10-17(20)26/h5-10,21H,3-4,12,28H2,1-2H3,(H,29,30). The zero-order chi connectivity index (χ0) is 23.5. The van der Waals surface area contributed by atoms with Crippen LogP contribution in [0.3, 0.4) is 0 Å². The molecule has 3 N–H and O–H groups in total. The lowest BCUT2D eigenvalue weighted by molar-refractivity contribution is 0.281. The van der Waals surface area contributed by atoms with Crippen molar-refractivity contribution in [2.45, 2.75) is 32.3 Å². The Labute approximate surface area is 189 Å². The number of aromatic amines is 1. The number of ether oxygens (including phenoxy) is 3. The molecule has 0 radical (unpaired) electrons. The second kappa shape index (κ2) is 9.20. The van der Waals surface area contributed by atoms with Crippen molar-refractivity contribution in [1.29, 1.82) is 5.26 Å². The summed E-state index contributed by atoms with van der Waals surface area (Å²) in [6.45, 7) is 2.00. The molecule has 2 heterocycles. The van der Waals surface area contributed by atoms with E-state index >= 15 is 0 Å². The number of nitrogens with zero attached hydrogens (tertiary/aromatic N) is 2. The van der Waals surface area contributed by atoms with E-state index in [0.717, 1.165) is 41.8 Å². The number of methoxy groups -OCH3 is 1. The Balaban J connectivity index is 1.75. The Kier molecular flexibility index (Phi) is 6.18. The van der Waals surface area contributed by atoms with Crippen molar-refractivity contribution >= 4 is 0 Å². The van der Waals surface area contributed by atoms with Crippen molar-refractivity contribution in [3.63, 3.8) is 0 Å². The van der Waals surface area contributed by atoms with Gasteiger partial charge in [-0.05, 0) is 36.2 Å². The minimum Gasteiger partial charge on any atom is -0.496 e. The smallest absolute Gasteiger partial charge is 0.244 e. The van der Waals surface area contributed by atoms with Gasteiger partial charge >= 0.3 is 0 Å². The first-order valence-corrected chi connectivity index (χ1v) is 10.4. The van der Waals surface area contributed by atoms with Crippen molar-refractivity contribution in [2.75, 3.05) is 7.11 Å². The van der Waals surface area contributed by atoms with Gasteiger partial charge in [0.05, 0.1) is 13.0 Å². The Morgan fingerprint density at radius 3 is 2.70 bits per heavy atom. The van der Waals surface area contributed by atoms with Crippen LogP contribution in [-0.4, -0.2) is 17.3 Å². The molecule has 1 atom stereocenters. The molecule has 1 aliphatic heterocycles. The molecule has 0 saturated heterocycles. The number of nitrogens with two attached hydrogens (primary N) is 1. The van der Waals surface area contributed by atoms with Crippen LogP contribution in [0.2, 0.25) is 0 Å². The second-order valence-electron chi connectivity index (χ2n) is 7.53. The minimum absolute atomic E-state index is 0.00782. The van der Waals surface area contributed by atoms with Crippen LogP contribution < -0.4 is 19.9 Å². The maximum atomic E-state index is 14.0. The summed E-state index contributed by atoms with van der Waals surface area (Å²) in [6.07, 6.45) is 1.59. The second-order valence-corrected chi connectivity index (χ2v) is 7.53. The summed E-state index contributed by atoms with van der Waals surface area (Å²) in [7, 11) is 1.51. The first-order chi connectivity index (χ1) is 16.0. The van der Waals surface area contributed by atoms with E-state index in [1.807, 2.05) is 19.1 Å². The van der Waals surface area contributed by atoms with E-state index in [9.17, 15) is 14.0 Å². The van der Waals surface area contributed by atoms with Crippen LogP contribution in [0.4, 0.5) is 8.78 Å². The fraction of sp³-hybridized carbons (Fsp3) is 0.250. The van der Waals surface area contributed by atoms with E-state index < -0.39 is 17.6 Å². The Morgan fingerprint density at radius 2 is 2.00 bits per heavy atom. The van der Waals surface area contributed by atoms with Crippen molar-refractivity contribution in [3.8, 4) is 23.4 Å². The van der Waals surface area contributed by atoms with Crippen LogP contribution in [0, 0.1) is 23.0 Å². The maximum absolute atomic E-state index is 14.0. The third-order valence-corrected chi connectivity index (χ3v) is 5.43. The molecule has 0 bridgehead atoms. The topological polar surface area (TPSA) is 106 Å². The molecule has 0 amide bonds. The van der Waals surface area contributed by atoms with Gasteiger partial charge in [0.25, 0.3) is 0 Å². The number of rotatable bonds is 7. The van der Waals surface area contributed by atoms with Crippen LogP contribution in [0.5, 0.6) is 17.4 Å². The normalized spacial score (nSPS) is 14.9. The number of fused-ring (bicyclic) bond motifs is 1. The van der Waals surface area contributed by atoms with Crippen molar-refractivity contribution in [3.05, 3.63) is 81.9 Å². The predicted molar refractivity (Wildman–Crippen MR) is 116 cm³/mol. The summed E-state index contributed by atoms with van der Waals surface area (Å²) in [5.41, 5.74) is 9.27. The molecule has 1 unspecified atom stereocenters. The number of allylic oxidation sites excluding steroid dienone is 1. The molecule has 170 valence electrons. The highest BCUT2D eigenvalue weighted by atomic mass is 19.1. The van der Waals surface area contributed by atoms with Gasteiger partial charge in [0.15, 0.2) is 11.6 Å². The molecule has 2 aromatic carbocycles. The summed E-state index contributed by atoms with van der Waals surface area (Å²) >= 11 is 0. The van der Waals surface area contributed by atoms with Gasteiger partial charge in [-0.15, -0.1) is 5.10 Å². The highest BCUT2D eigenvalue weighted by Crippen LogP contribution is 2.44. The van der Waals surface area contributed by atoms with E-state index in [1.165, 1.54) is 13.2 Å². The Hall–Kier alpha value is -4.06. The van der Waals surface area contributed by atoms with E-state index in [4.69, 9.17) is 19.9 Å². The fourth-order valence-corrected chi connectivity index (χ4v) is 3.92. The molecule has 4 rings (SSSR count). The Bertz CT molecular complexity index is 1260. The molecule has 33 heavy (non-hydrogen) atoms. The molecule has 1 aromatic heterocycles. The van der Waals surface area contributed by atoms with Crippen LogP contribution in [-0.2, 0) is 13.0 Å². The molecule has 1 aliphatic rings.